The molecule has 0 spiro atoms. The van der Waals surface area contributed by atoms with E-state index in [0.717, 1.165) is 24.1 Å². The van der Waals surface area contributed by atoms with E-state index in [0.29, 0.717) is 12.2 Å². The largest absolute Gasteiger partial charge is 0.378 e. The van der Waals surface area contributed by atoms with E-state index in [9.17, 15) is 9.18 Å². The van der Waals surface area contributed by atoms with Gasteiger partial charge in [0.25, 0.3) is 0 Å². The summed E-state index contributed by atoms with van der Waals surface area (Å²) in [7, 11) is 0. The smallest absolute Gasteiger partial charge is 0.138 e. The summed E-state index contributed by atoms with van der Waals surface area (Å²) in [5.41, 5.74) is 3.14. The molecule has 0 bridgehead atoms. The third kappa shape index (κ3) is 3.19. The Hall–Kier alpha value is -2.16. The van der Waals surface area contributed by atoms with Crippen molar-refractivity contribution < 1.29 is 9.18 Å². The van der Waals surface area contributed by atoms with Gasteiger partial charge < -0.3 is 5.32 Å². The van der Waals surface area contributed by atoms with Crippen LogP contribution < -0.4 is 5.32 Å². The Kier molecular flexibility index (Phi) is 4.23. The zero-order chi connectivity index (χ0) is 15.5. The Balaban J connectivity index is 1.90. The molecule has 1 saturated carbocycles. The summed E-state index contributed by atoms with van der Waals surface area (Å²) in [4.78, 5) is 12.2. The van der Waals surface area contributed by atoms with E-state index in [4.69, 9.17) is 0 Å². The molecule has 2 unspecified atom stereocenters. The average Bonchev–Trinajstić information content (AvgIpc) is 2.94. The third-order valence-corrected chi connectivity index (χ3v) is 4.36. The Morgan fingerprint density at radius 2 is 1.77 bits per heavy atom. The van der Waals surface area contributed by atoms with Gasteiger partial charge >= 0.3 is 0 Å². The van der Waals surface area contributed by atoms with Crippen LogP contribution in [0.5, 0.6) is 0 Å². The maximum atomic E-state index is 13.2. The molecule has 0 radical (unpaired) electrons. The molecule has 2 aromatic carbocycles. The number of carbonyl (C=O) groups is 1. The second-order valence-electron chi connectivity index (χ2n) is 6.00. The number of hydrogen-bond donors (Lipinski definition) is 1. The lowest BCUT2D eigenvalue weighted by Crippen LogP contribution is -2.24. The number of ketones is 1. The van der Waals surface area contributed by atoms with Crippen LogP contribution in [-0.4, -0.2) is 5.78 Å². The molecule has 1 N–H and O–H groups in total. The number of carbonyl (C=O) groups excluding carboxylic acids is 1. The zero-order valence-electron chi connectivity index (χ0n) is 12.7. The second kappa shape index (κ2) is 6.30. The second-order valence-corrected chi connectivity index (χ2v) is 6.00. The van der Waals surface area contributed by atoms with Gasteiger partial charge in [0, 0.05) is 18.0 Å². The molecule has 22 heavy (non-hydrogen) atoms. The number of anilines is 1. The first-order valence-corrected chi connectivity index (χ1v) is 7.75. The number of aryl methyl sites for hydroxylation is 1. The summed E-state index contributed by atoms with van der Waals surface area (Å²) in [6, 6.07) is 14.5. The normalized spacial score (nSPS) is 19.2. The highest BCUT2D eigenvalue weighted by Crippen LogP contribution is 2.35. The van der Waals surface area contributed by atoms with Crippen molar-refractivity contribution in [2.75, 3.05) is 5.32 Å². The van der Waals surface area contributed by atoms with Crippen LogP contribution >= 0.6 is 0 Å². The molecule has 0 saturated heterocycles. The van der Waals surface area contributed by atoms with Gasteiger partial charge in [-0.15, -0.1) is 0 Å². The maximum absolute atomic E-state index is 13.2. The van der Waals surface area contributed by atoms with E-state index in [1.807, 2.05) is 31.2 Å². The lowest BCUT2D eigenvalue weighted by molar-refractivity contribution is -0.121. The van der Waals surface area contributed by atoms with E-state index in [2.05, 4.69) is 5.32 Å². The zero-order valence-corrected chi connectivity index (χ0v) is 12.7. The molecule has 2 nitrogen and oxygen atoms in total. The summed E-state index contributed by atoms with van der Waals surface area (Å²) in [6.07, 6.45) is 2.48. The van der Waals surface area contributed by atoms with Crippen LogP contribution in [0, 0.1) is 18.7 Å². The Labute approximate surface area is 130 Å². The SMILES string of the molecule is Cc1ccc(NC(c2ccc(F)cc2)C2CCCC2=O)cc1. The van der Waals surface area contributed by atoms with E-state index in [1.54, 1.807) is 12.1 Å². The van der Waals surface area contributed by atoms with Crippen molar-refractivity contribution in [2.24, 2.45) is 5.92 Å². The minimum absolute atomic E-state index is 0.0354. The fraction of sp³-hybridized carbons (Fsp3) is 0.316. The predicted octanol–water partition coefficient (Wildman–Crippen LogP) is 4.66. The van der Waals surface area contributed by atoms with Crippen LogP contribution in [-0.2, 0) is 4.79 Å². The van der Waals surface area contributed by atoms with E-state index in [-0.39, 0.29) is 17.8 Å². The van der Waals surface area contributed by atoms with Gasteiger partial charge in [0.1, 0.15) is 11.6 Å². The highest BCUT2D eigenvalue weighted by atomic mass is 19.1. The number of nitrogens with one attached hydrogen (secondary N) is 1. The van der Waals surface area contributed by atoms with Crippen LogP contribution in [0.3, 0.4) is 0 Å². The summed E-state index contributed by atoms with van der Waals surface area (Å²) >= 11 is 0. The van der Waals surface area contributed by atoms with Crippen molar-refractivity contribution in [3.8, 4) is 0 Å². The minimum Gasteiger partial charge on any atom is -0.378 e. The summed E-state index contributed by atoms with van der Waals surface area (Å²) in [6.45, 7) is 2.04. The number of benzene rings is 2. The fourth-order valence-electron chi connectivity index (χ4n) is 3.11. The molecule has 0 heterocycles. The molecular formula is C19H20FNO. The first-order valence-electron chi connectivity index (χ1n) is 7.75. The van der Waals surface area contributed by atoms with Crippen LogP contribution in [0.25, 0.3) is 0 Å². The molecule has 114 valence electrons. The molecule has 3 rings (SSSR count). The number of hydrogen-bond acceptors (Lipinski definition) is 2. The van der Waals surface area contributed by atoms with Gasteiger partial charge in [0.05, 0.1) is 6.04 Å². The summed E-state index contributed by atoms with van der Waals surface area (Å²) in [5, 5.41) is 3.47. The molecule has 0 aliphatic heterocycles. The topological polar surface area (TPSA) is 29.1 Å². The number of halogens is 1. The fourth-order valence-corrected chi connectivity index (χ4v) is 3.11. The van der Waals surface area contributed by atoms with Crippen LogP contribution in [0.1, 0.15) is 36.4 Å². The molecular weight excluding hydrogens is 277 g/mol. The van der Waals surface area contributed by atoms with Gasteiger partial charge in [-0.3, -0.25) is 4.79 Å². The first-order chi connectivity index (χ1) is 10.6. The van der Waals surface area contributed by atoms with Gasteiger partial charge in [0.15, 0.2) is 0 Å². The lowest BCUT2D eigenvalue weighted by Gasteiger charge is -2.25. The number of rotatable bonds is 4. The first kappa shape index (κ1) is 14.8. The van der Waals surface area contributed by atoms with E-state index >= 15 is 0 Å². The molecule has 3 heteroatoms. The predicted molar refractivity (Wildman–Crippen MR) is 86.3 cm³/mol. The molecule has 1 aliphatic rings. The third-order valence-electron chi connectivity index (χ3n) is 4.36. The standard InChI is InChI=1S/C19H20FNO/c1-13-5-11-16(12-6-13)21-19(17-3-2-4-18(17)22)14-7-9-15(20)10-8-14/h5-12,17,19,21H,2-4H2,1H3. The molecule has 0 amide bonds. The lowest BCUT2D eigenvalue weighted by atomic mass is 9.90. The van der Waals surface area contributed by atoms with Gasteiger partial charge in [-0.2, -0.15) is 0 Å². The van der Waals surface area contributed by atoms with E-state index in [1.165, 1.54) is 17.7 Å². The van der Waals surface area contributed by atoms with Crippen molar-refractivity contribution in [1.29, 1.82) is 0 Å². The van der Waals surface area contributed by atoms with Gasteiger partial charge in [0.2, 0.25) is 0 Å². The quantitative estimate of drug-likeness (QED) is 0.889. The molecule has 2 aromatic rings. The Bertz CT molecular complexity index is 648. The Morgan fingerprint density at radius 3 is 2.36 bits per heavy atom. The molecule has 1 aliphatic carbocycles. The monoisotopic (exact) mass is 297 g/mol. The van der Waals surface area contributed by atoms with Gasteiger partial charge in [-0.05, 0) is 49.6 Å². The van der Waals surface area contributed by atoms with E-state index < -0.39 is 0 Å². The molecule has 2 atom stereocenters. The average molecular weight is 297 g/mol. The van der Waals surface area contributed by atoms with Crippen LogP contribution in [0.4, 0.5) is 10.1 Å². The van der Waals surface area contributed by atoms with Crippen molar-refractivity contribution in [2.45, 2.75) is 32.2 Å². The summed E-state index contributed by atoms with van der Waals surface area (Å²) < 4.78 is 13.2. The highest BCUT2D eigenvalue weighted by molar-refractivity contribution is 5.84. The van der Waals surface area contributed by atoms with Gasteiger partial charge in [-0.1, -0.05) is 29.8 Å². The Morgan fingerprint density at radius 1 is 1.09 bits per heavy atom. The molecule has 0 aromatic heterocycles. The van der Waals surface area contributed by atoms with Crippen molar-refractivity contribution in [3.63, 3.8) is 0 Å². The molecule has 1 fully saturated rings. The van der Waals surface area contributed by atoms with Crippen molar-refractivity contribution in [3.05, 3.63) is 65.5 Å². The summed E-state index contributed by atoms with van der Waals surface area (Å²) in [5.74, 6) is 0.0104. The minimum atomic E-state index is -0.254. The van der Waals surface area contributed by atoms with Crippen molar-refractivity contribution >= 4 is 11.5 Å². The van der Waals surface area contributed by atoms with Crippen LogP contribution in [0.2, 0.25) is 0 Å². The van der Waals surface area contributed by atoms with Gasteiger partial charge in [-0.25, -0.2) is 4.39 Å². The number of Topliss-reactive ketones (excluding diaryl/α,β-unsaturated/α-hetero) is 1. The maximum Gasteiger partial charge on any atom is 0.138 e. The highest BCUT2D eigenvalue weighted by Gasteiger charge is 2.33. The van der Waals surface area contributed by atoms with Crippen LogP contribution in [0.15, 0.2) is 48.5 Å². The van der Waals surface area contributed by atoms with Crippen molar-refractivity contribution in [1.82, 2.24) is 0 Å².